The Kier molecular flexibility index (Phi) is 4.57. The summed E-state index contributed by atoms with van der Waals surface area (Å²) in [5.74, 6) is -0.708. The zero-order chi connectivity index (χ0) is 18.1. The molecule has 2 aromatic rings. The van der Waals surface area contributed by atoms with Crippen LogP contribution in [-0.2, 0) is 4.79 Å². The van der Waals surface area contributed by atoms with Gasteiger partial charge in [0, 0.05) is 25.0 Å². The Morgan fingerprint density at radius 1 is 1.24 bits per heavy atom. The lowest BCUT2D eigenvalue weighted by atomic mass is 9.90. The van der Waals surface area contributed by atoms with Crippen LogP contribution in [0.3, 0.4) is 0 Å². The quantitative estimate of drug-likeness (QED) is 0.922. The van der Waals surface area contributed by atoms with E-state index >= 15 is 0 Å². The largest absolute Gasteiger partial charge is 0.481 e. The molecular formula is C18H22N4O3. The molecule has 1 aliphatic heterocycles. The molecule has 25 heavy (non-hydrogen) atoms. The molecule has 1 N–H and O–H groups in total. The zero-order valence-electron chi connectivity index (χ0n) is 14.6. The molecule has 1 saturated heterocycles. The SMILES string of the molecule is Cc1cc(C)n(-c2ccc(C(=O)N3CC(C)CC(C(=O)O)C3)cn2)n1. The van der Waals surface area contributed by atoms with E-state index < -0.39 is 11.9 Å². The Balaban J connectivity index is 1.78. The van der Waals surface area contributed by atoms with E-state index in [9.17, 15) is 14.7 Å². The second kappa shape index (κ2) is 6.66. The molecule has 0 bridgehead atoms. The molecule has 0 saturated carbocycles. The highest BCUT2D eigenvalue weighted by Gasteiger charge is 2.32. The fourth-order valence-corrected chi connectivity index (χ4v) is 3.38. The summed E-state index contributed by atoms with van der Waals surface area (Å²) in [7, 11) is 0. The van der Waals surface area contributed by atoms with Gasteiger partial charge in [0.2, 0.25) is 0 Å². The third-order valence-corrected chi connectivity index (χ3v) is 4.52. The van der Waals surface area contributed by atoms with Crippen LogP contribution in [0.15, 0.2) is 24.4 Å². The second-order valence-corrected chi connectivity index (χ2v) is 6.83. The number of carboxylic acid groups (broad SMARTS) is 1. The van der Waals surface area contributed by atoms with Crippen molar-refractivity contribution in [2.24, 2.45) is 11.8 Å². The van der Waals surface area contributed by atoms with Crippen molar-refractivity contribution in [2.75, 3.05) is 13.1 Å². The first-order valence-corrected chi connectivity index (χ1v) is 8.37. The maximum atomic E-state index is 12.7. The second-order valence-electron chi connectivity index (χ2n) is 6.83. The number of aryl methyl sites for hydroxylation is 2. The zero-order valence-corrected chi connectivity index (χ0v) is 14.6. The highest BCUT2D eigenvalue weighted by molar-refractivity contribution is 5.94. The van der Waals surface area contributed by atoms with E-state index in [1.165, 1.54) is 6.20 Å². The van der Waals surface area contributed by atoms with Crippen molar-refractivity contribution in [1.82, 2.24) is 19.7 Å². The third kappa shape index (κ3) is 3.55. The number of piperidine rings is 1. The number of pyridine rings is 1. The molecule has 7 heteroatoms. The first kappa shape index (κ1) is 17.1. The van der Waals surface area contributed by atoms with Gasteiger partial charge < -0.3 is 10.0 Å². The van der Waals surface area contributed by atoms with Crippen LogP contribution < -0.4 is 0 Å². The first-order chi connectivity index (χ1) is 11.8. The maximum Gasteiger partial charge on any atom is 0.308 e. The summed E-state index contributed by atoms with van der Waals surface area (Å²) in [5, 5.41) is 13.6. The number of carboxylic acids is 1. The van der Waals surface area contributed by atoms with Crippen molar-refractivity contribution in [3.63, 3.8) is 0 Å². The lowest BCUT2D eigenvalue weighted by Crippen LogP contribution is -2.45. The van der Waals surface area contributed by atoms with E-state index in [-0.39, 0.29) is 18.4 Å². The number of carbonyl (C=O) groups is 2. The van der Waals surface area contributed by atoms with Crippen LogP contribution >= 0.6 is 0 Å². The standard InChI is InChI=1S/C18H22N4O3/c1-11-6-15(18(24)25)10-21(9-11)17(23)14-4-5-16(19-8-14)22-13(3)7-12(2)20-22/h4-5,7-8,11,15H,6,9-10H2,1-3H3,(H,24,25). The van der Waals surface area contributed by atoms with Gasteiger partial charge in [0.05, 0.1) is 17.2 Å². The molecule has 2 unspecified atom stereocenters. The van der Waals surface area contributed by atoms with Gasteiger partial charge >= 0.3 is 5.97 Å². The summed E-state index contributed by atoms with van der Waals surface area (Å²) in [5.41, 5.74) is 2.34. The van der Waals surface area contributed by atoms with Crippen LogP contribution in [0, 0.1) is 25.7 Å². The molecule has 0 aromatic carbocycles. The Bertz CT molecular complexity index is 797. The van der Waals surface area contributed by atoms with Crippen molar-refractivity contribution in [3.05, 3.63) is 41.3 Å². The molecule has 0 radical (unpaired) electrons. The Morgan fingerprint density at radius 2 is 2.00 bits per heavy atom. The molecule has 1 amide bonds. The van der Waals surface area contributed by atoms with Crippen LogP contribution in [0.25, 0.3) is 5.82 Å². The molecule has 0 spiro atoms. The van der Waals surface area contributed by atoms with Gasteiger partial charge in [0.1, 0.15) is 0 Å². The third-order valence-electron chi connectivity index (χ3n) is 4.52. The maximum absolute atomic E-state index is 12.7. The average Bonchev–Trinajstić information content (AvgIpc) is 2.92. The first-order valence-electron chi connectivity index (χ1n) is 8.37. The van der Waals surface area contributed by atoms with E-state index in [0.29, 0.717) is 24.3 Å². The molecule has 1 aliphatic rings. The average molecular weight is 342 g/mol. The number of hydrogen-bond acceptors (Lipinski definition) is 4. The number of nitrogens with zero attached hydrogens (tertiary/aromatic N) is 4. The Hall–Kier alpha value is -2.70. The van der Waals surface area contributed by atoms with Crippen LogP contribution in [0.2, 0.25) is 0 Å². The van der Waals surface area contributed by atoms with Crippen molar-refractivity contribution in [1.29, 1.82) is 0 Å². The van der Waals surface area contributed by atoms with Crippen LogP contribution in [0.5, 0.6) is 0 Å². The fourth-order valence-electron chi connectivity index (χ4n) is 3.38. The number of likely N-dealkylation sites (tertiary alicyclic amines) is 1. The summed E-state index contributed by atoms with van der Waals surface area (Å²) < 4.78 is 1.73. The van der Waals surface area contributed by atoms with Gasteiger partial charge in [0.25, 0.3) is 5.91 Å². The topological polar surface area (TPSA) is 88.3 Å². The van der Waals surface area contributed by atoms with E-state index in [0.717, 1.165) is 11.4 Å². The monoisotopic (exact) mass is 342 g/mol. The van der Waals surface area contributed by atoms with Gasteiger partial charge in [-0.3, -0.25) is 9.59 Å². The predicted octanol–water partition coefficient (Wildman–Crippen LogP) is 2.07. The molecule has 1 fully saturated rings. The Morgan fingerprint density at radius 3 is 2.56 bits per heavy atom. The van der Waals surface area contributed by atoms with Crippen molar-refractivity contribution in [3.8, 4) is 5.82 Å². The molecular weight excluding hydrogens is 320 g/mol. The molecule has 0 aliphatic carbocycles. The molecule has 3 rings (SSSR count). The van der Waals surface area contributed by atoms with Gasteiger partial charge in [-0.25, -0.2) is 9.67 Å². The van der Waals surface area contributed by atoms with E-state index in [1.807, 2.05) is 26.8 Å². The minimum absolute atomic E-state index is 0.167. The van der Waals surface area contributed by atoms with Crippen LogP contribution in [0.1, 0.15) is 35.1 Å². The number of hydrogen-bond donors (Lipinski definition) is 1. The van der Waals surface area contributed by atoms with Gasteiger partial charge in [-0.05, 0) is 44.4 Å². The van der Waals surface area contributed by atoms with E-state index in [2.05, 4.69) is 10.1 Å². The van der Waals surface area contributed by atoms with E-state index in [1.54, 1.807) is 21.7 Å². The van der Waals surface area contributed by atoms with Crippen LogP contribution in [0.4, 0.5) is 0 Å². The van der Waals surface area contributed by atoms with Gasteiger partial charge in [-0.1, -0.05) is 6.92 Å². The summed E-state index contributed by atoms with van der Waals surface area (Å²) in [6.07, 6.45) is 2.14. The normalized spacial score (nSPS) is 20.5. The number of aliphatic carboxylic acids is 1. The van der Waals surface area contributed by atoms with Gasteiger partial charge in [-0.2, -0.15) is 5.10 Å². The minimum Gasteiger partial charge on any atom is -0.481 e. The lowest BCUT2D eigenvalue weighted by Gasteiger charge is -2.34. The van der Waals surface area contributed by atoms with Crippen molar-refractivity contribution >= 4 is 11.9 Å². The summed E-state index contributed by atoms with van der Waals surface area (Å²) in [6, 6.07) is 5.44. The van der Waals surface area contributed by atoms with E-state index in [4.69, 9.17) is 0 Å². The minimum atomic E-state index is -0.845. The molecule has 7 nitrogen and oxygen atoms in total. The van der Waals surface area contributed by atoms with Crippen molar-refractivity contribution < 1.29 is 14.7 Å². The highest BCUT2D eigenvalue weighted by Crippen LogP contribution is 2.23. The van der Waals surface area contributed by atoms with Crippen LogP contribution in [-0.4, -0.2) is 49.7 Å². The predicted molar refractivity (Wildman–Crippen MR) is 91.6 cm³/mol. The molecule has 2 aromatic heterocycles. The van der Waals surface area contributed by atoms with Crippen molar-refractivity contribution in [2.45, 2.75) is 27.2 Å². The van der Waals surface area contributed by atoms with Gasteiger partial charge in [0.15, 0.2) is 5.82 Å². The number of carbonyl (C=O) groups excluding carboxylic acids is 1. The smallest absolute Gasteiger partial charge is 0.308 e. The number of aromatic nitrogens is 3. The Labute approximate surface area is 146 Å². The summed E-state index contributed by atoms with van der Waals surface area (Å²) >= 11 is 0. The van der Waals surface area contributed by atoms with Gasteiger partial charge in [-0.15, -0.1) is 0 Å². The number of rotatable bonds is 3. The summed E-state index contributed by atoms with van der Waals surface area (Å²) in [4.78, 5) is 29.9. The lowest BCUT2D eigenvalue weighted by molar-refractivity contribution is -0.143. The molecule has 3 heterocycles. The summed E-state index contributed by atoms with van der Waals surface area (Å²) in [6.45, 7) is 6.65. The fraction of sp³-hybridized carbons (Fsp3) is 0.444. The molecule has 2 atom stereocenters. The molecule has 132 valence electrons. The highest BCUT2D eigenvalue weighted by atomic mass is 16.4. The number of amides is 1.